The summed E-state index contributed by atoms with van der Waals surface area (Å²) in [7, 11) is -4.14. The first-order valence-electron chi connectivity index (χ1n) is 13.6. The number of carbonyl (C=O) groups is 2. The Morgan fingerprint density at radius 1 is 0.952 bits per heavy atom. The Labute approximate surface area is 248 Å². The first-order chi connectivity index (χ1) is 19.5. The van der Waals surface area contributed by atoms with Gasteiger partial charge in [0, 0.05) is 38.1 Å². The first kappa shape index (κ1) is 34.7. The fourth-order valence-electron chi connectivity index (χ4n) is 3.96. The van der Waals surface area contributed by atoms with Gasteiger partial charge < -0.3 is 24.4 Å². The quantitative estimate of drug-likeness (QED) is 0.157. The molecule has 42 heavy (non-hydrogen) atoms. The van der Waals surface area contributed by atoms with Crippen LogP contribution >= 0.6 is 0 Å². The summed E-state index contributed by atoms with van der Waals surface area (Å²) in [6.07, 6.45) is -3.35. The zero-order valence-corrected chi connectivity index (χ0v) is 26.0. The van der Waals surface area contributed by atoms with Crippen LogP contribution < -0.4 is 5.11 Å². The third-order valence-corrected chi connectivity index (χ3v) is 7.54. The van der Waals surface area contributed by atoms with Gasteiger partial charge in [-0.25, -0.2) is 8.42 Å². The molecule has 2 atom stereocenters. The number of rotatable bonds is 13. The Balaban J connectivity index is 2.40. The van der Waals surface area contributed by atoms with Crippen LogP contribution in [-0.2, 0) is 40.2 Å². The van der Waals surface area contributed by atoms with E-state index in [1.807, 2.05) is 44.2 Å². The number of sulfonamides is 1. The summed E-state index contributed by atoms with van der Waals surface area (Å²) < 4.78 is 44.1. The molecule has 11 nitrogen and oxygen atoms in total. The van der Waals surface area contributed by atoms with Gasteiger partial charge in [0.15, 0.2) is 0 Å². The maximum absolute atomic E-state index is 13.8. The van der Waals surface area contributed by atoms with E-state index >= 15 is 0 Å². The third kappa shape index (κ3) is 11.4. The molecule has 0 spiro atoms. The van der Waals surface area contributed by atoms with Gasteiger partial charge in [-0.3, -0.25) is 14.6 Å². The number of benzene rings is 2. The van der Waals surface area contributed by atoms with E-state index in [-0.39, 0.29) is 35.9 Å². The monoisotopic (exact) mass is 605 g/mol. The molecule has 12 heteroatoms. The number of aliphatic hydroxyl groups excluding tert-OH is 1. The fourth-order valence-corrected chi connectivity index (χ4v) is 5.58. The van der Waals surface area contributed by atoms with Crippen molar-refractivity contribution in [2.45, 2.75) is 83.8 Å². The molecular weight excluding hydrogens is 564 g/mol. The number of hydrogen-bond donors (Lipinski definition) is 1. The number of aliphatic imine (C=N–C) groups is 1. The highest BCUT2D eigenvalue weighted by atomic mass is 32.2. The molecular formula is C30H41N2O9S-. The number of carbonyl (C=O) groups excluding carboxylic acids is 2. The summed E-state index contributed by atoms with van der Waals surface area (Å²) in [6.45, 7) is 10.8. The highest BCUT2D eigenvalue weighted by Crippen LogP contribution is 2.25. The Bertz CT molecular complexity index is 1290. The lowest BCUT2D eigenvalue weighted by atomic mass is 10.0. The molecule has 2 aromatic carbocycles. The van der Waals surface area contributed by atoms with Crippen LogP contribution in [0.5, 0.6) is 0 Å². The van der Waals surface area contributed by atoms with Crippen LogP contribution in [0.15, 0.2) is 64.5 Å². The average Bonchev–Trinajstić information content (AvgIpc) is 2.86. The topological polar surface area (TPSA) is 155 Å². The third-order valence-electron chi connectivity index (χ3n) is 5.69. The molecule has 2 aromatic rings. The second kappa shape index (κ2) is 15.1. The lowest BCUT2D eigenvalue weighted by molar-refractivity contribution is -0.261. The van der Waals surface area contributed by atoms with Crippen LogP contribution in [0.1, 0.15) is 65.9 Å². The van der Waals surface area contributed by atoms with E-state index in [1.54, 1.807) is 20.8 Å². The predicted octanol–water partition coefficient (Wildman–Crippen LogP) is 2.96. The number of hydrogen-bond acceptors (Lipinski definition) is 10. The molecule has 0 aromatic heterocycles. The van der Waals surface area contributed by atoms with Crippen LogP contribution in [0, 0.1) is 5.92 Å². The number of esters is 2. The molecule has 0 amide bonds. The summed E-state index contributed by atoms with van der Waals surface area (Å²) in [5.41, 5.74) is 0.262. The van der Waals surface area contributed by atoms with Gasteiger partial charge in [-0.2, -0.15) is 4.31 Å². The first-order valence-corrected chi connectivity index (χ1v) is 15.0. The normalized spacial score (nSPS) is 14.1. The zero-order valence-electron chi connectivity index (χ0n) is 25.1. The van der Waals surface area contributed by atoms with Gasteiger partial charge in [0.05, 0.1) is 17.0 Å². The molecule has 0 radical (unpaired) electrons. The highest BCUT2D eigenvalue weighted by Gasteiger charge is 2.31. The zero-order chi connectivity index (χ0) is 31.7. The summed E-state index contributed by atoms with van der Waals surface area (Å²) in [6, 6.07) is 13.5. The second-order valence-corrected chi connectivity index (χ2v) is 13.2. The van der Waals surface area contributed by atoms with Crippen molar-refractivity contribution in [1.29, 1.82) is 0 Å². The van der Waals surface area contributed by atoms with Crippen molar-refractivity contribution in [2.75, 3.05) is 13.1 Å². The van der Waals surface area contributed by atoms with E-state index < -0.39 is 52.1 Å². The number of aliphatic hydroxyl groups is 1. The van der Waals surface area contributed by atoms with E-state index in [1.165, 1.54) is 24.3 Å². The smallest absolute Gasteiger partial charge is 0.305 e. The molecule has 0 aliphatic carbocycles. The van der Waals surface area contributed by atoms with Crippen molar-refractivity contribution in [3.05, 3.63) is 65.7 Å². The van der Waals surface area contributed by atoms with Crippen LogP contribution in [0.2, 0.25) is 0 Å². The van der Waals surface area contributed by atoms with Gasteiger partial charge in [0.2, 0.25) is 10.0 Å². The van der Waals surface area contributed by atoms with Crippen molar-refractivity contribution >= 4 is 28.0 Å². The summed E-state index contributed by atoms with van der Waals surface area (Å²) in [5, 5.41) is 23.9. The molecule has 0 bridgehead atoms. The average molecular weight is 606 g/mol. The lowest BCUT2D eigenvalue weighted by Crippen LogP contribution is -2.45. The van der Waals surface area contributed by atoms with Crippen LogP contribution in [0.4, 0.5) is 0 Å². The fraction of sp³-hybridized carbons (Fsp3) is 0.500. The minimum Gasteiger partial charge on any atom is -0.595 e. The maximum Gasteiger partial charge on any atom is 0.305 e. The molecule has 0 aliphatic rings. The molecule has 232 valence electrons. The van der Waals surface area contributed by atoms with E-state index in [0.717, 1.165) is 23.7 Å². The highest BCUT2D eigenvalue weighted by molar-refractivity contribution is 7.89. The molecule has 0 saturated carbocycles. The summed E-state index contributed by atoms with van der Waals surface area (Å²) in [4.78, 5) is 26.9. The SMILES string of the molecule is CC(=O)OC(OC(C)=O)c1ccc(S(=O)(=O)N(CC(C)C)C[C@@H](O)[C@H](Cc2ccccc2)N=C([O-])OC(C)(C)C)cc1. The second-order valence-electron chi connectivity index (χ2n) is 11.3. The van der Waals surface area contributed by atoms with Crippen LogP contribution in [-0.4, -0.2) is 66.7 Å². The van der Waals surface area contributed by atoms with Crippen molar-refractivity contribution in [2.24, 2.45) is 10.9 Å². The van der Waals surface area contributed by atoms with Crippen molar-refractivity contribution in [1.82, 2.24) is 4.31 Å². The Hall–Kier alpha value is -3.48. The van der Waals surface area contributed by atoms with Gasteiger partial charge in [-0.05, 0) is 30.0 Å². The molecule has 0 saturated heterocycles. The van der Waals surface area contributed by atoms with Crippen LogP contribution in [0.3, 0.4) is 0 Å². The number of ether oxygens (including phenoxy) is 3. The van der Waals surface area contributed by atoms with Crippen LogP contribution in [0.25, 0.3) is 0 Å². The molecule has 2 rings (SSSR count). The minimum absolute atomic E-state index is 0.0785. The lowest BCUT2D eigenvalue weighted by Gasteiger charge is -2.32. The van der Waals surface area contributed by atoms with Gasteiger partial charge >= 0.3 is 11.9 Å². The Morgan fingerprint density at radius 3 is 1.98 bits per heavy atom. The van der Waals surface area contributed by atoms with Crippen molar-refractivity contribution in [3.8, 4) is 0 Å². The number of nitrogens with zero attached hydrogens (tertiary/aromatic N) is 2. The standard InChI is InChI=1S/C30H42N2O9S/c1-20(2)18-32(42(37,38)25-15-13-24(14-16-25)28(39-21(3)33)40-22(4)34)19-27(35)26(17-23-11-9-8-10-12-23)31-29(36)41-30(5,6)7/h8-16,20,26-28,35H,17-19H2,1-7H3,(H,31,36)/p-1/t26-,27+/m0/s1. The predicted molar refractivity (Wildman–Crippen MR) is 155 cm³/mol. The van der Waals surface area contributed by atoms with Gasteiger partial charge in [-0.1, -0.05) is 77.1 Å². The van der Waals surface area contributed by atoms with Crippen molar-refractivity contribution < 1.29 is 42.4 Å². The summed E-state index contributed by atoms with van der Waals surface area (Å²) >= 11 is 0. The Kier molecular flexibility index (Phi) is 12.5. The van der Waals surface area contributed by atoms with E-state index in [9.17, 15) is 28.2 Å². The Morgan fingerprint density at radius 2 is 1.50 bits per heavy atom. The van der Waals surface area contributed by atoms with Gasteiger partial charge in [0.25, 0.3) is 6.29 Å². The minimum atomic E-state index is -4.14. The van der Waals surface area contributed by atoms with E-state index in [4.69, 9.17) is 14.2 Å². The molecule has 0 aliphatic heterocycles. The maximum atomic E-state index is 13.8. The largest absolute Gasteiger partial charge is 0.595 e. The van der Waals surface area contributed by atoms with Gasteiger partial charge in [0.1, 0.15) is 6.08 Å². The summed E-state index contributed by atoms with van der Waals surface area (Å²) in [5.74, 6) is -1.47. The van der Waals surface area contributed by atoms with E-state index in [2.05, 4.69) is 4.99 Å². The molecule has 0 fully saturated rings. The van der Waals surface area contributed by atoms with Crippen molar-refractivity contribution in [3.63, 3.8) is 0 Å². The molecule has 1 N–H and O–H groups in total. The molecule has 0 unspecified atom stereocenters. The van der Waals surface area contributed by atoms with Gasteiger partial charge in [-0.15, -0.1) is 0 Å². The van der Waals surface area contributed by atoms with E-state index in [0.29, 0.717) is 0 Å². The molecule has 0 heterocycles.